The number of hydrogen-bond acceptors (Lipinski definition) is 5. The molecule has 0 heterocycles. The van der Waals surface area contributed by atoms with Crippen LogP contribution in [0.3, 0.4) is 0 Å². The van der Waals surface area contributed by atoms with E-state index in [9.17, 15) is 9.59 Å². The lowest BCUT2D eigenvalue weighted by atomic mass is 10.1. The van der Waals surface area contributed by atoms with Gasteiger partial charge in [-0.2, -0.15) is 0 Å². The predicted octanol–water partition coefficient (Wildman–Crippen LogP) is 1.62. The molecular formula is C13H14O5. The summed E-state index contributed by atoms with van der Waals surface area (Å²) in [5.41, 5.74) is 0.317. The summed E-state index contributed by atoms with van der Waals surface area (Å²) in [6.45, 7) is 0. The lowest BCUT2D eigenvalue weighted by Gasteiger charge is -2.07. The van der Waals surface area contributed by atoms with Crippen LogP contribution in [0, 0.1) is 0 Å². The maximum absolute atomic E-state index is 11.9. The first kappa shape index (κ1) is 13.8. The summed E-state index contributed by atoms with van der Waals surface area (Å²) >= 11 is 0. The first-order valence-corrected chi connectivity index (χ1v) is 5.14. The van der Waals surface area contributed by atoms with Crippen LogP contribution < -0.4 is 9.47 Å². The van der Waals surface area contributed by atoms with Crippen LogP contribution in [0.2, 0.25) is 0 Å². The van der Waals surface area contributed by atoms with Crippen molar-refractivity contribution in [2.24, 2.45) is 0 Å². The Labute approximate surface area is 105 Å². The minimum Gasteiger partial charge on any atom is -0.497 e. The van der Waals surface area contributed by atoms with E-state index in [0.717, 1.165) is 12.2 Å². The van der Waals surface area contributed by atoms with Gasteiger partial charge in [0.1, 0.15) is 11.5 Å². The fourth-order valence-electron chi connectivity index (χ4n) is 1.31. The average molecular weight is 250 g/mol. The molecule has 0 saturated heterocycles. The number of methoxy groups -OCH3 is 3. The summed E-state index contributed by atoms with van der Waals surface area (Å²) in [5.74, 6) is -0.0118. The highest BCUT2D eigenvalue weighted by molar-refractivity contribution is 6.08. The van der Waals surface area contributed by atoms with Gasteiger partial charge in [-0.15, -0.1) is 0 Å². The molecule has 0 saturated carbocycles. The van der Waals surface area contributed by atoms with Gasteiger partial charge in [0, 0.05) is 6.08 Å². The van der Waals surface area contributed by atoms with Crippen LogP contribution >= 0.6 is 0 Å². The Bertz CT molecular complexity index is 476. The van der Waals surface area contributed by atoms with Crippen LogP contribution in [-0.4, -0.2) is 33.1 Å². The van der Waals surface area contributed by atoms with E-state index in [4.69, 9.17) is 9.47 Å². The monoisotopic (exact) mass is 250 g/mol. The number of rotatable bonds is 5. The largest absolute Gasteiger partial charge is 0.497 e. The van der Waals surface area contributed by atoms with E-state index in [1.165, 1.54) is 21.3 Å². The van der Waals surface area contributed by atoms with Crippen molar-refractivity contribution in [2.75, 3.05) is 21.3 Å². The summed E-state index contributed by atoms with van der Waals surface area (Å²) in [6, 6.07) is 4.85. The smallest absolute Gasteiger partial charge is 0.330 e. The summed E-state index contributed by atoms with van der Waals surface area (Å²) in [4.78, 5) is 22.8. The van der Waals surface area contributed by atoms with Crippen molar-refractivity contribution in [1.82, 2.24) is 0 Å². The van der Waals surface area contributed by atoms with Gasteiger partial charge in [-0.3, -0.25) is 4.79 Å². The standard InChI is InChI=1S/C13H14O5/c1-16-9-4-6-12(17-2)10(8-9)11(14)5-7-13(15)18-3/h4-8H,1-3H3/b7-5+. The number of esters is 1. The topological polar surface area (TPSA) is 61.8 Å². The molecule has 0 aliphatic heterocycles. The molecule has 0 aliphatic rings. The molecule has 0 bridgehead atoms. The lowest BCUT2D eigenvalue weighted by Crippen LogP contribution is -2.02. The number of ketones is 1. The average Bonchev–Trinajstić information content (AvgIpc) is 2.43. The molecule has 0 N–H and O–H groups in total. The Kier molecular flexibility index (Phi) is 4.92. The third kappa shape index (κ3) is 3.35. The number of benzene rings is 1. The quantitative estimate of drug-likeness (QED) is 0.451. The van der Waals surface area contributed by atoms with Gasteiger partial charge in [-0.25, -0.2) is 4.79 Å². The number of carbonyl (C=O) groups is 2. The minimum absolute atomic E-state index is 0.317. The highest BCUT2D eigenvalue weighted by atomic mass is 16.5. The molecule has 1 aromatic rings. The van der Waals surface area contributed by atoms with Gasteiger partial charge in [-0.1, -0.05) is 0 Å². The van der Waals surface area contributed by atoms with Crippen LogP contribution in [0.4, 0.5) is 0 Å². The molecule has 0 spiro atoms. The Morgan fingerprint density at radius 1 is 1.06 bits per heavy atom. The Morgan fingerprint density at radius 3 is 2.33 bits per heavy atom. The molecule has 1 rings (SSSR count). The SMILES string of the molecule is COC(=O)/C=C/C(=O)c1cc(OC)ccc1OC. The molecule has 5 nitrogen and oxygen atoms in total. The molecule has 0 fully saturated rings. The maximum atomic E-state index is 11.9. The van der Waals surface area contributed by atoms with Crippen LogP contribution in [0.1, 0.15) is 10.4 Å². The van der Waals surface area contributed by atoms with Crippen molar-refractivity contribution >= 4 is 11.8 Å². The van der Waals surface area contributed by atoms with Crippen LogP contribution in [0.5, 0.6) is 11.5 Å². The van der Waals surface area contributed by atoms with Crippen LogP contribution in [0.15, 0.2) is 30.4 Å². The molecule has 18 heavy (non-hydrogen) atoms. The lowest BCUT2D eigenvalue weighted by molar-refractivity contribution is -0.134. The fraction of sp³-hybridized carbons (Fsp3) is 0.231. The van der Waals surface area contributed by atoms with Crippen LogP contribution in [-0.2, 0) is 9.53 Å². The second kappa shape index (κ2) is 6.44. The van der Waals surface area contributed by atoms with Crippen molar-refractivity contribution in [3.63, 3.8) is 0 Å². The van der Waals surface area contributed by atoms with Crippen molar-refractivity contribution < 1.29 is 23.8 Å². The van der Waals surface area contributed by atoms with Gasteiger partial charge in [0.05, 0.1) is 26.9 Å². The van der Waals surface area contributed by atoms with Gasteiger partial charge >= 0.3 is 5.97 Å². The van der Waals surface area contributed by atoms with E-state index >= 15 is 0 Å². The summed E-state index contributed by atoms with van der Waals surface area (Å²) in [7, 11) is 4.20. The van der Waals surface area contributed by atoms with Gasteiger partial charge in [0.2, 0.25) is 0 Å². The Morgan fingerprint density at radius 2 is 1.78 bits per heavy atom. The molecule has 5 heteroatoms. The first-order chi connectivity index (χ1) is 8.62. The number of allylic oxidation sites excluding steroid dienone is 1. The van der Waals surface area contributed by atoms with Gasteiger partial charge in [0.15, 0.2) is 5.78 Å². The van der Waals surface area contributed by atoms with E-state index in [2.05, 4.69) is 4.74 Å². The Balaban J connectivity index is 3.03. The second-order valence-corrected chi connectivity index (χ2v) is 3.29. The first-order valence-electron chi connectivity index (χ1n) is 5.14. The molecule has 0 atom stereocenters. The molecule has 0 aromatic heterocycles. The highest BCUT2D eigenvalue weighted by Gasteiger charge is 2.11. The molecule has 0 unspecified atom stereocenters. The number of hydrogen-bond donors (Lipinski definition) is 0. The zero-order valence-electron chi connectivity index (χ0n) is 10.4. The van der Waals surface area contributed by atoms with Crippen molar-refractivity contribution in [3.05, 3.63) is 35.9 Å². The number of ether oxygens (including phenoxy) is 3. The third-order valence-corrected chi connectivity index (χ3v) is 2.24. The predicted molar refractivity (Wildman–Crippen MR) is 65.0 cm³/mol. The Hall–Kier alpha value is -2.30. The van der Waals surface area contributed by atoms with Gasteiger partial charge < -0.3 is 14.2 Å². The molecular weight excluding hydrogens is 236 g/mol. The fourth-order valence-corrected chi connectivity index (χ4v) is 1.31. The van der Waals surface area contributed by atoms with E-state index in [0.29, 0.717) is 17.1 Å². The van der Waals surface area contributed by atoms with Crippen molar-refractivity contribution in [3.8, 4) is 11.5 Å². The van der Waals surface area contributed by atoms with Crippen molar-refractivity contribution in [2.45, 2.75) is 0 Å². The van der Waals surface area contributed by atoms with Gasteiger partial charge in [0.25, 0.3) is 0 Å². The summed E-state index contributed by atoms with van der Waals surface area (Å²) < 4.78 is 14.5. The third-order valence-electron chi connectivity index (χ3n) is 2.24. The van der Waals surface area contributed by atoms with E-state index in [1.807, 2.05) is 0 Å². The van der Waals surface area contributed by atoms with E-state index in [1.54, 1.807) is 18.2 Å². The molecule has 0 radical (unpaired) electrons. The maximum Gasteiger partial charge on any atom is 0.330 e. The van der Waals surface area contributed by atoms with Crippen molar-refractivity contribution in [1.29, 1.82) is 0 Å². The molecule has 1 aromatic carbocycles. The summed E-state index contributed by atoms with van der Waals surface area (Å²) in [6.07, 6.45) is 2.18. The molecule has 0 amide bonds. The zero-order chi connectivity index (χ0) is 13.5. The van der Waals surface area contributed by atoms with E-state index < -0.39 is 5.97 Å². The number of carbonyl (C=O) groups excluding carboxylic acids is 2. The normalized spacial score (nSPS) is 10.2. The van der Waals surface area contributed by atoms with E-state index in [-0.39, 0.29) is 5.78 Å². The summed E-state index contributed by atoms with van der Waals surface area (Å²) in [5, 5.41) is 0. The molecule has 96 valence electrons. The highest BCUT2D eigenvalue weighted by Crippen LogP contribution is 2.24. The van der Waals surface area contributed by atoms with Crippen LogP contribution in [0.25, 0.3) is 0 Å². The molecule has 0 aliphatic carbocycles. The minimum atomic E-state index is -0.592. The van der Waals surface area contributed by atoms with Gasteiger partial charge in [-0.05, 0) is 24.3 Å². The second-order valence-electron chi connectivity index (χ2n) is 3.29. The zero-order valence-corrected chi connectivity index (χ0v) is 10.4.